The number of esters is 2. The summed E-state index contributed by atoms with van der Waals surface area (Å²) in [6, 6.07) is 0. The first kappa shape index (κ1) is 17.4. The van der Waals surface area contributed by atoms with E-state index in [9.17, 15) is 14.7 Å². The molecule has 0 spiro atoms. The van der Waals surface area contributed by atoms with Crippen LogP contribution < -0.4 is 0 Å². The number of aliphatic hydroxyl groups excluding tert-OH is 1. The van der Waals surface area contributed by atoms with Crippen LogP contribution in [-0.2, 0) is 19.1 Å². The molecule has 0 heterocycles. The van der Waals surface area contributed by atoms with Crippen molar-refractivity contribution in [3.63, 3.8) is 0 Å². The van der Waals surface area contributed by atoms with Crippen molar-refractivity contribution in [2.24, 2.45) is 5.41 Å². The molecule has 0 aromatic carbocycles. The van der Waals surface area contributed by atoms with Crippen molar-refractivity contribution in [2.45, 2.75) is 27.2 Å². The summed E-state index contributed by atoms with van der Waals surface area (Å²) in [5, 5.41) is 9.45. The predicted octanol–water partition coefficient (Wildman–Crippen LogP) is 1.61. The van der Waals surface area contributed by atoms with E-state index in [0.717, 1.165) is 0 Å². The summed E-state index contributed by atoms with van der Waals surface area (Å²) >= 11 is 0. The van der Waals surface area contributed by atoms with E-state index in [1.807, 2.05) is 6.92 Å². The monoisotopic (exact) mass is 270 g/mol. The number of aliphatic hydroxyl groups is 1. The van der Waals surface area contributed by atoms with Gasteiger partial charge in [-0.1, -0.05) is 20.1 Å². The third kappa shape index (κ3) is 5.70. The molecule has 0 saturated carbocycles. The fraction of sp³-hybridized carbons (Fsp3) is 0.571. The number of hydrogen-bond acceptors (Lipinski definition) is 5. The van der Waals surface area contributed by atoms with Crippen molar-refractivity contribution in [3.8, 4) is 0 Å². The van der Waals surface area contributed by atoms with E-state index in [1.165, 1.54) is 13.8 Å². The molecule has 0 bridgehead atoms. The van der Waals surface area contributed by atoms with Crippen LogP contribution in [0.2, 0.25) is 0 Å². The molecule has 0 amide bonds. The molecule has 0 rings (SSSR count). The highest BCUT2D eigenvalue weighted by Gasteiger charge is 2.31. The highest BCUT2D eigenvalue weighted by atomic mass is 16.5. The van der Waals surface area contributed by atoms with Gasteiger partial charge in [0.15, 0.2) is 0 Å². The normalized spacial score (nSPS) is 10.7. The van der Waals surface area contributed by atoms with Gasteiger partial charge in [-0.15, -0.1) is 0 Å². The zero-order chi connectivity index (χ0) is 15.1. The summed E-state index contributed by atoms with van der Waals surface area (Å²) in [6.45, 7) is 11.5. The number of carbonyl (C=O) groups is 2. The van der Waals surface area contributed by atoms with Crippen LogP contribution in [-0.4, -0.2) is 36.9 Å². The molecular formula is C14H22O5. The second-order valence-corrected chi connectivity index (χ2v) is 4.72. The average Bonchev–Trinajstić information content (AvgIpc) is 2.38. The Hall–Kier alpha value is -1.62. The van der Waals surface area contributed by atoms with Gasteiger partial charge in [-0.25, -0.2) is 9.59 Å². The van der Waals surface area contributed by atoms with Crippen LogP contribution in [0, 0.1) is 5.41 Å². The molecule has 0 unspecified atom stereocenters. The van der Waals surface area contributed by atoms with Crippen LogP contribution >= 0.6 is 0 Å². The van der Waals surface area contributed by atoms with Gasteiger partial charge in [0.25, 0.3) is 0 Å². The minimum absolute atomic E-state index is 0.0326. The van der Waals surface area contributed by atoms with Gasteiger partial charge in [0.1, 0.15) is 13.2 Å². The summed E-state index contributed by atoms with van der Waals surface area (Å²) in [5.74, 6) is -1.06. The van der Waals surface area contributed by atoms with Crippen LogP contribution in [0.4, 0.5) is 0 Å². The molecule has 0 aliphatic rings. The third-order valence-electron chi connectivity index (χ3n) is 2.80. The highest BCUT2D eigenvalue weighted by Crippen LogP contribution is 2.23. The largest absolute Gasteiger partial charge is 0.462 e. The summed E-state index contributed by atoms with van der Waals surface area (Å²) in [6.07, 6.45) is 0.496. The Morgan fingerprint density at radius 2 is 1.42 bits per heavy atom. The van der Waals surface area contributed by atoms with Gasteiger partial charge in [-0.3, -0.25) is 0 Å². The smallest absolute Gasteiger partial charge is 0.333 e. The van der Waals surface area contributed by atoms with E-state index >= 15 is 0 Å². The maximum absolute atomic E-state index is 11.3. The van der Waals surface area contributed by atoms with Crippen LogP contribution in [0.1, 0.15) is 27.2 Å². The Morgan fingerprint density at radius 1 is 1.05 bits per heavy atom. The Balaban J connectivity index is 4.58. The molecule has 0 saturated heterocycles. The molecule has 0 fully saturated rings. The molecule has 0 radical (unpaired) electrons. The standard InChI is InChI=1S/C14H22O5/c1-6-14(7-15,8-18-12(16)10(2)3)9-19-13(17)11(4)5/h15H,2,4,6-9H2,1,3,5H3. The van der Waals surface area contributed by atoms with E-state index in [4.69, 9.17) is 9.47 Å². The fourth-order valence-corrected chi connectivity index (χ4v) is 1.13. The van der Waals surface area contributed by atoms with E-state index in [2.05, 4.69) is 13.2 Å². The van der Waals surface area contributed by atoms with E-state index in [-0.39, 0.29) is 31.0 Å². The number of rotatable bonds is 8. The van der Waals surface area contributed by atoms with Crippen molar-refractivity contribution < 1.29 is 24.2 Å². The summed E-state index contributed by atoms with van der Waals surface area (Å²) in [7, 11) is 0. The molecule has 5 nitrogen and oxygen atoms in total. The Kier molecular flexibility index (Phi) is 7.08. The van der Waals surface area contributed by atoms with E-state index < -0.39 is 17.4 Å². The topological polar surface area (TPSA) is 72.8 Å². The minimum Gasteiger partial charge on any atom is -0.462 e. The first-order valence-corrected chi connectivity index (χ1v) is 6.04. The molecule has 1 N–H and O–H groups in total. The molecule has 0 aliphatic heterocycles. The van der Waals surface area contributed by atoms with Crippen LogP contribution in [0.15, 0.2) is 24.3 Å². The summed E-state index contributed by atoms with van der Waals surface area (Å²) in [5.41, 5.74) is -0.236. The maximum atomic E-state index is 11.3. The fourth-order valence-electron chi connectivity index (χ4n) is 1.13. The van der Waals surface area contributed by atoms with Gasteiger partial charge in [-0.2, -0.15) is 0 Å². The molecule has 0 atom stereocenters. The van der Waals surface area contributed by atoms with Gasteiger partial charge in [0.05, 0.1) is 12.0 Å². The molecule has 108 valence electrons. The Bertz CT molecular complexity index is 334. The summed E-state index contributed by atoms with van der Waals surface area (Å²) < 4.78 is 10.1. The van der Waals surface area contributed by atoms with Crippen molar-refractivity contribution in [1.29, 1.82) is 0 Å². The zero-order valence-electron chi connectivity index (χ0n) is 11.8. The van der Waals surface area contributed by atoms with Crippen LogP contribution in [0.5, 0.6) is 0 Å². The number of hydrogen-bond donors (Lipinski definition) is 1. The molecule has 5 heteroatoms. The molecule has 0 aromatic rings. The van der Waals surface area contributed by atoms with Crippen molar-refractivity contribution >= 4 is 11.9 Å². The van der Waals surface area contributed by atoms with Gasteiger partial charge < -0.3 is 14.6 Å². The molecule has 0 aliphatic carbocycles. The van der Waals surface area contributed by atoms with E-state index in [1.54, 1.807) is 0 Å². The van der Waals surface area contributed by atoms with Crippen molar-refractivity contribution in [3.05, 3.63) is 24.3 Å². The second-order valence-electron chi connectivity index (χ2n) is 4.72. The van der Waals surface area contributed by atoms with Gasteiger partial charge in [0, 0.05) is 11.1 Å². The summed E-state index contributed by atoms with van der Waals surface area (Å²) in [4.78, 5) is 22.7. The molecule has 19 heavy (non-hydrogen) atoms. The Labute approximate surface area is 113 Å². The number of carbonyl (C=O) groups excluding carboxylic acids is 2. The second kappa shape index (κ2) is 7.74. The lowest BCUT2D eigenvalue weighted by atomic mass is 9.88. The Morgan fingerprint density at radius 3 is 1.63 bits per heavy atom. The van der Waals surface area contributed by atoms with Crippen molar-refractivity contribution in [1.82, 2.24) is 0 Å². The predicted molar refractivity (Wildman–Crippen MR) is 71.4 cm³/mol. The maximum Gasteiger partial charge on any atom is 0.333 e. The number of ether oxygens (including phenoxy) is 2. The van der Waals surface area contributed by atoms with Crippen LogP contribution in [0.3, 0.4) is 0 Å². The minimum atomic E-state index is -0.795. The SMILES string of the molecule is C=C(C)C(=O)OCC(CC)(CO)COC(=O)C(=C)C. The lowest BCUT2D eigenvalue weighted by Gasteiger charge is -2.29. The van der Waals surface area contributed by atoms with Crippen LogP contribution in [0.25, 0.3) is 0 Å². The average molecular weight is 270 g/mol. The van der Waals surface area contributed by atoms with Gasteiger partial charge in [0.2, 0.25) is 0 Å². The zero-order valence-corrected chi connectivity index (χ0v) is 11.8. The lowest BCUT2D eigenvalue weighted by Crippen LogP contribution is -2.37. The van der Waals surface area contributed by atoms with Gasteiger partial charge in [-0.05, 0) is 20.3 Å². The molecule has 0 aromatic heterocycles. The van der Waals surface area contributed by atoms with E-state index in [0.29, 0.717) is 6.42 Å². The molecular weight excluding hydrogens is 248 g/mol. The van der Waals surface area contributed by atoms with Gasteiger partial charge >= 0.3 is 11.9 Å². The quantitative estimate of drug-likeness (QED) is 0.536. The van der Waals surface area contributed by atoms with Crippen molar-refractivity contribution in [2.75, 3.05) is 19.8 Å². The lowest BCUT2D eigenvalue weighted by molar-refractivity contribution is -0.151. The third-order valence-corrected chi connectivity index (χ3v) is 2.80. The first-order chi connectivity index (χ1) is 8.78. The highest BCUT2D eigenvalue weighted by molar-refractivity contribution is 5.87. The first-order valence-electron chi connectivity index (χ1n) is 6.04.